The van der Waals surface area contributed by atoms with Gasteiger partial charge in [0.25, 0.3) is 0 Å². The zero-order valence-corrected chi connectivity index (χ0v) is 20.9. The number of nitrogens with zero attached hydrogens (tertiary/aromatic N) is 2. The molecule has 4 rings (SSSR count). The van der Waals surface area contributed by atoms with E-state index in [1.807, 2.05) is 72.8 Å². The van der Waals surface area contributed by atoms with Gasteiger partial charge >= 0.3 is 0 Å². The van der Waals surface area contributed by atoms with E-state index in [1.165, 1.54) is 0 Å². The second-order valence-corrected chi connectivity index (χ2v) is 10.1. The number of phenols is 2. The van der Waals surface area contributed by atoms with Gasteiger partial charge in [-0.05, 0) is 35.4 Å². The topological polar surface area (TPSA) is 89.2 Å². The summed E-state index contributed by atoms with van der Waals surface area (Å²) in [6, 6.07) is 34.2. The van der Waals surface area contributed by atoms with Crippen LogP contribution in [-0.4, -0.2) is 22.6 Å². The van der Waals surface area contributed by atoms with Crippen LogP contribution in [0.15, 0.2) is 119 Å². The quantitative estimate of drug-likeness (QED) is 0.0799. The molecule has 4 aromatic carbocycles. The normalized spacial score (nSPS) is 13.0. The van der Waals surface area contributed by atoms with Crippen molar-refractivity contribution >= 4 is 34.0 Å². The van der Waals surface area contributed by atoms with E-state index in [2.05, 4.69) is 21.1 Å². The van der Waals surface area contributed by atoms with E-state index in [1.54, 1.807) is 70.4 Å². The zero-order valence-electron chi connectivity index (χ0n) is 19.3. The highest BCUT2D eigenvalue weighted by Gasteiger charge is 2.17. The molecule has 0 fully saturated rings. The molecule has 6 nitrogen and oxygen atoms in total. The molecular weight excluding hydrogens is 488 g/mol. The van der Waals surface area contributed by atoms with Gasteiger partial charge in [-0.25, -0.2) is 0 Å². The summed E-state index contributed by atoms with van der Waals surface area (Å²) >= 11 is 0. The Labute approximate surface area is 218 Å². The third-order valence-electron chi connectivity index (χ3n) is 5.12. The second-order valence-electron chi connectivity index (χ2n) is 7.67. The van der Waals surface area contributed by atoms with E-state index in [9.17, 15) is 10.2 Å². The number of hydrazone groups is 2. The van der Waals surface area contributed by atoms with Crippen LogP contribution in [0.3, 0.4) is 0 Å². The number of rotatable bonds is 11. The first-order valence-corrected chi connectivity index (χ1v) is 13.5. The Bertz CT molecular complexity index is 1190. The highest BCUT2D eigenvalue weighted by molar-refractivity contribution is 8.76. The fraction of sp³-hybridized carbons (Fsp3) is 0.0714. The number of aromatic hydroxyl groups is 2. The molecule has 0 saturated carbocycles. The molecule has 0 aromatic heterocycles. The summed E-state index contributed by atoms with van der Waals surface area (Å²) in [5.41, 5.74) is 9.82. The van der Waals surface area contributed by atoms with Crippen molar-refractivity contribution in [2.24, 2.45) is 10.2 Å². The molecule has 0 bridgehead atoms. The van der Waals surface area contributed by atoms with Crippen molar-refractivity contribution in [3.8, 4) is 11.5 Å². The smallest absolute Gasteiger partial charge is 0.124 e. The number of nitrogens with one attached hydrogen (secondary N) is 2. The molecule has 0 spiro atoms. The largest absolute Gasteiger partial charge is 0.507 e. The van der Waals surface area contributed by atoms with Crippen LogP contribution < -0.4 is 10.9 Å². The Morgan fingerprint density at radius 2 is 0.889 bits per heavy atom. The first-order chi connectivity index (χ1) is 17.7. The van der Waals surface area contributed by atoms with E-state index < -0.39 is 0 Å². The van der Waals surface area contributed by atoms with Gasteiger partial charge < -0.3 is 10.2 Å². The lowest BCUT2D eigenvalue weighted by Crippen LogP contribution is -2.15. The lowest BCUT2D eigenvalue weighted by atomic mass is 10.2. The molecule has 8 heteroatoms. The summed E-state index contributed by atoms with van der Waals surface area (Å²) < 4.78 is 0. The van der Waals surface area contributed by atoms with Crippen molar-refractivity contribution < 1.29 is 10.2 Å². The van der Waals surface area contributed by atoms with Crippen molar-refractivity contribution in [1.29, 1.82) is 0 Å². The second kappa shape index (κ2) is 13.3. The summed E-state index contributed by atoms with van der Waals surface area (Å²) in [4.78, 5) is 0. The number of hydrogen-bond acceptors (Lipinski definition) is 8. The Balaban J connectivity index is 1.48. The fourth-order valence-corrected chi connectivity index (χ4v) is 5.77. The average molecular weight is 515 g/mol. The van der Waals surface area contributed by atoms with Crippen LogP contribution in [0, 0.1) is 0 Å². The number of phenolic OH excluding ortho intramolecular Hbond substituents is 2. The fourth-order valence-electron chi connectivity index (χ4n) is 3.21. The van der Waals surface area contributed by atoms with Crippen molar-refractivity contribution in [3.05, 3.63) is 131 Å². The van der Waals surface area contributed by atoms with Gasteiger partial charge in [0.15, 0.2) is 0 Å². The maximum atomic E-state index is 10.0. The summed E-state index contributed by atoms with van der Waals surface area (Å²) in [5, 5.41) is 28.5. The standard InChI is InChI=1S/C28H26N4O2S2/c33-25-17-9-7-15-23(25)19-29-31-27(21-11-3-1-4-12-21)35-36-28(22-13-5-2-6-14-22)32-30-20-24-16-8-10-18-26(24)34/h1-20,27-28,31-34H/b29-19+,30-20+. The molecule has 0 aliphatic heterocycles. The molecule has 4 N–H and O–H groups in total. The summed E-state index contributed by atoms with van der Waals surface area (Å²) in [6.07, 6.45) is 3.22. The minimum absolute atomic E-state index is 0.159. The molecule has 4 aromatic rings. The Hall–Kier alpha value is -3.88. The maximum absolute atomic E-state index is 10.0. The average Bonchev–Trinajstić information content (AvgIpc) is 2.92. The molecule has 0 heterocycles. The third kappa shape index (κ3) is 7.31. The molecule has 0 aliphatic carbocycles. The van der Waals surface area contributed by atoms with E-state index in [0.717, 1.165) is 11.1 Å². The van der Waals surface area contributed by atoms with Crippen molar-refractivity contribution in [1.82, 2.24) is 10.9 Å². The minimum atomic E-state index is -0.159. The SMILES string of the molecule is Oc1ccccc1/C=N/NC(SSC(N/N=C/c1ccccc1O)c1ccccc1)c1ccccc1. The molecule has 2 unspecified atom stereocenters. The van der Waals surface area contributed by atoms with Crippen molar-refractivity contribution in [3.63, 3.8) is 0 Å². The molecule has 0 aliphatic rings. The third-order valence-corrected chi connectivity index (χ3v) is 7.86. The first-order valence-electron chi connectivity index (χ1n) is 11.3. The summed E-state index contributed by atoms with van der Waals surface area (Å²) in [7, 11) is 3.22. The van der Waals surface area contributed by atoms with Crippen LogP contribution in [0.25, 0.3) is 0 Å². The van der Waals surface area contributed by atoms with Gasteiger partial charge in [-0.1, -0.05) is 107 Å². The molecule has 0 amide bonds. The first kappa shape index (κ1) is 25.2. The summed E-state index contributed by atoms with van der Waals surface area (Å²) in [6.45, 7) is 0. The van der Waals surface area contributed by atoms with Crippen LogP contribution >= 0.6 is 21.6 Å². The molecule has 0 saturated heterocycles. The van der Waals surface area contributed by atoms with Crippen LogP contribution in [0.5, 0.6) is 11.5 Å². The van der Waals surface area contributed by atoms with Crippen LogP contribution in [0.2, 0.25) is 0 Å². The van der Waals surface area contributed by atoms with Gasteiger partial charge in [-0.2, -0.15) is 10.2 Å². The van der Waals surface area contributed by atoms with Crippen LogP contribution in [-0.2, 0) is 0 Å². The molecule has 2 atom stereocenters. The number of hydrogen-bond donors (Lipinski definition) is 4. The Kier molecular flexibility index (Phi) is 9.30. The Morgan fingerprint density at radius 1 is 0.528 bits per heavy atom. The molecule has 36 heavy (non-hydrogen) atoms. The minimum Gasteiger partial charge on any atom is -0.507 e. The molecular formula is C28H26N4O2S2. The molecule has 0 radical (unpaired) electrons. The highest BCUT2D eigenvalue weighted by Crippen LogP contribution is 2.43. The predicted molar refractivity (Wildman–Crippen MR) is 151 cm³/mol. The lowest BCUT2D eigenvalue weighted by molar-refractivity contribution is 0.474. The maximum Gasteiger partial charge on any atom is 0.124 e. The number of benzene rings is 4. The van der Waals surface area contributed by atoms with Gasteiger partial charge in [-0.15, -0.1) is 0 Å². The van der Waals surface area contributed by atoms with E-state index in [4.69, 9.17) is 0 Å². The van der Waals surface area contributed by atoms with E-state index >= 15 is 0 Å². The van der Waals surface area contributed by atoms with Gasteiger partial charge in [0.05, 0.1) is 12.4 Å². The lowest BCUT2D eigenvalue weighted by Gasteiger charge is -2.21. The van der Waals surface area contributed by atoms with Gasteiger partial charge in [-0.3, -0.25) is 10.9 Å². The predicted octanol–water partition coefficient (Wildman–Crippen LogP) is 6.42. The van der Waals surface area contributed by atoms with Gasteiger partial charge in [0, 0.05) is 11.1 Å². The van der Waals surface area contributed by atoms with Crippen molar-refractivity contribution in [2.45, 2.75) is 10.7 Å². The Morgan fingerprint density at radius 3 is 1.28 bits per heavy atom. The van der Waals surface area contributed by atoms with Crippen LogP contribution in [0.1, 0.15) is 33.0 Å². The molecule has 182 valence electrons. The highest BCUT2D eigenvalue weighted by atomic mass is 33.1. The monoisotopic (exact) mass is 514 g/mol. The van der Waals surface area contributed by atoms with Crippen molar-refractivity contribution in [2.75, 3.05) is 0 Å². The van der Waals surface area contributed by atoms with Gasteiger partial charge in [0.1, 0.15) is 22.2 Å². The zero-order chi connectivity index (χ0) is 25.0. The van der Waals surface area contributed by atoms with Crippen LogP contribution in [0.4, 0.5) is 0 Å². The van der Waals surface area contributed by atoms with Gasteiger partial charge in [0.2, 0.25) is 0 Å². The summed E-state index contributed by atoms with van der Waals surface area (Å²) in [5.74, 6) is 0.356. The van der Waals surface area contributed by atoms with E-state index in [0.29, 0.717) is 11.1 Å². The van der Waals surface area contributed by atoms with E-state index in [-0.39, 0.29) is 22.2 Å². The number of para-hydroxylation sites is 2.